The summed E-state index contributed by atoms with van der Waals surface area (Å²) in [5.41, 5.74) is 25.1. The molecule has 3 heteroatoms. The first kappa shape index (κ1) is 28.3. The van der Waals surface area contributed by atoms with E-state index < -0.39 is 0 Å². The molecule has 230 valence electrons. The van der Waals surface area contributed by atoms with Gasteiger partial charge in [-0.15, -0.1) is 0 Å². The maximum atomic E-state index is 2.68. The Morgan fingerprint density at radius 2 is 0.938 bits per heavy atom. The van der Waals surface area contributed by atoms with Crippen LogP contribution in [0.5, 0.6) is 0 Å². The molecule has 0 spiro atoms. The van der Waals surface area contributed by atoms with Crippen molar-refractivity contribution in [2.45, 2.75) is 59.3 Å². The molecular formula is C45H39B2N. The van der Waals surface area contributed by atoms with Gasteiger partial charge >= 0.3 is 0 Å². The predicted octanol–water partition coefficient (Wildman–Crippen LogP) is 6.69. The van der Waals surface area contributed by atoms with E-state index >= 15 is 0 Å². The Kier molecular flexibility index (Phi) is 5.44. The normalized spacial score (nSPS) is 16.4. The van der Waals surface area contributed by atoms with E-state index in [0.29, 0.717) is 0 Å². The van der Waals surface area contributed by atoms with Crippen LogP contribution < -0.4 is 37.7 Å². The zero-order chi connectivity index (χ0) is 32.9. The largest absolute Gasteiger partial charge is 0.313 e. The van der Waals surface area contributed by atoms with Crippen molar-refractivity contribution in [3.05, 3.63) is 148 Å². The van der Waals surface area contributed by atoms with Crippen LogP contribution in [0.2, 0.25) is 0 Å². The molecule has 4 aliphatic rings. The second kappa shape index (κ2) is 9.23. The van der Waals surface area contributed by atoms with Gasteiger partial charge in [-0.25, -0.2) is 0 Å². The third kappa shape index (κ3) is 3.35. The maximum absolute atomic E-state index is 2.68. The van der Waals surface area contributed by atoms with Crippen molar-refractivity contribution in [2.75, 3.05) is 4.90 Å². The van der Waals surface area contributed by atoms with Crippen LogP contribution >= 0.6 is 0 Å². The van der Waals surface area contributed by atoms with Crippen LogP contribution in [0.3, 0.4) is 0 Å². The second-order valence-electron chi connectivity index (χ2n) is 15.9. The van der Waals surface area contributed by atoms with Gasteiger partial charge in [-0.1, -0.05) is 141 Å². The number of hydrogen-bond acceptors (Lipinski definition) is 1. The van der Waals surface area contributed by atoms with E-state index in [1.807, 2.05) is 0 Å². The lowest BCUT2D eigenvalue weighted by molar-refractivity contribution is 0.640. The summed E-state index contributed by atoms with van der Waals surface area (Å²) in [6, 6.07) is 42.4. The van der Waals surface area contributed by atoms with Crippen molar-refractivity contribution in [1.82, 2.24) is 0 Å². The molecule has 1 nitrogen and oxygen atoms in total. The molecule has 4 heterocycles. The second-order valence-corrected chi connectivity index (χ2v) is 15.9. The highest BCUT2D eigenvalue weighted by atomic mass is 15.2. The van der Waals surface area contributed by atoms with Gasteiger partial charge in [-0.2, -0.15) is 0 Å². The molecular weight excluding hydrogens is 576 g/mol. The molecule has 6 aromatic rings. The first-order valence-corrected chi connectivity index (χ1v) is 17.6. The SMILES string of the molecule is Cc1ccc(-c2cc3c4c(c2)B2c5ccccc5C(C)(C)c5c(C)ccc(c52)N4c2ccc(C)c4c2B3c2ccccc2C4(C)C)cc1. The number of benzene rings is 6. The lowest BCUT2D eigenvalue weighted by Crippen LogP contribution is -2.70. The lowest BCUT2D eigenvalue weighted by atomic mass is 9.26. The molecule has 0 amide bonds. The van der Waals surface area contributed by atoms with Gasteiger partial charge in [0.05, 0.1) is 0 Å². The summed E-state index contributed by atoms with van der Waals surface area (Å²) < 4.78 is 0. The van der Waals surface area contributed by atoms with Crippen molar-refractivity contribution < 1.29 is 0 Å². The molecule has 0 N–H and O–H groups in total. The van der Waals surface area contributed by atoms with Crippen molar-refractivity contribution >= 4 is 63.3 Å². The summed E-state index contributed by atoms with van der Waals surface area (Å²) in [5.74, 6) is 0. The number of anilines is 3. The molecule has 0 bridgehead atoms. The number of aryl methyl sites for hydroxylation is 3. The predicted molar refractivity (Wildman–Crippen MR) is 207 cm³/mol. The third-order valence-corrected chi connectivity index (χ3v) is 12.5. The minimum atomic E-state index is -0.108. The first-order chi connectivity index (χ1) is 23.1. The highest BCUT2D eigenvalue weighted by Gasteiger charge is 2.52. The summed E-state index contributed by atoms with van der Waals surface area (Å²) in [6.07, 6.45) is 0. The third-order valence-electron chi connectivity index (χ3n) is 12.5. The number of nitrogens with zero attached hydrogens (tertiary/aromatic N) is 1. The molecule has 0 aliphatic carbocycles. The zero-order valence-electron chi connectivity index (χ0n) is 29.0. The molecule has 0 unspecified atom stereocenters. The van der Waals surface area contributed by atoms with E-state index in [4.69, 9.17) is 0 Å². The topological polar surface area (TPSA) is 3.24 Å². The zero-order valence-corrected chi connectivity index (χ0v) is 29.0. The highest BCUT2D eigenvalue weighted by Crippen LogP contribution is 2.47. The van der Waals surface area contributed by atoms with Gasteiger partial charge in [0.1, 0.15) is 0 Å². The highest BCUT2D eigenvalue weighted by molar-refractivity contribution is 7.03. The van der Waals surface area contributed by atoms with Crippen LogP contribution in [0.25, 0.3) is 11.1 Å². The van der Waals surface area contributed by atoms with Crippen molar-refractivity contribution in [1.29, 1.82) is 0 Å². The quantitative estimate of drug-likeness (QED) is 0.186. The van der Waals surface area contributed by atoms with E-state index in [0.717, 1.165) is 0 Å². The van der Waals surface area contributed by atoms with E-state index in [9.17, 15) is 0 Å². The standard InChI is InChI=1S/C45H39B2N/c1-26-16-20-29(21-17-26)30-24-35-43-36(25-30)47-34-15-11-9-13-32(34)45(6,7)40-28(3)19-23-38(42(40)47)48(43)37-22-18-27(2)39-41(37)46(35)33-14-10-8-12-31(33)44(39,4)5/h8-25H,1-7H3. The van der Waals surface area contributed by atoms with Crippen LogP contribution in [0.1, 0.15) is 66.6 Å². The molecule has 0 atom stereocenters. The molecule has 0 aromatic heterocycles. The Hall–Kier alpha value is -4.75. The van der Waals surface area contributed by atoms with E-state index in [1.54, 1.807) is 0 Å². The summed E-state index contributed by atoms with van der Waals surface area (Å²) in [5, 5.41) is 0. The Morgan fingerprint density at radius 3 is 1.42 bits per heavy atom. The fourth-order valence-electron chi connectivity index (χ4n) is 10.6. The van der Waals surface area contributed by atoms with Crippen LogP contribution in [0, 0.1) is 20.8 Å². The average molecular weight is 615 g/mol. The number of rotatable bonds is 1. The van der Waals surface area contributed by atoms with Crippen molar-refractivity contribution in [3.63, 3.8) is 0 Å². The average Bonchev–Trinajstić information content (AvgIpc) is 3.07. The minimum absolute atomic E-state index is 0.108. The monoisotopic (exact) mass is 615 g/mol. The summed E-state index contributed by atoms with van der Waals surface area (Å²) >= 11 is 0. The van der Waals surface area contributed by atoms with Crippen LogP contribution in [0.4, 0.5) is 17.1 Å². The fraction of sp³-hybridized carbons (Fsp3) is 0.200. The molecule has 6 aromatic carbocycles. The first-order valence-electron chi connectivity index (χ1n) is 17.6. The van der Waals surface area contributed by atoms with E-state index in [2.05, 4.69) is 163 Å². The van der Waals surface area contributed by atoms with E-state index in [1.165, 1.54) is 99.9 Å². The molecule has 10 rings (SSSR count). The molecule has 0 saturated carbocycles. The summed E-state index contributed by atoms with van der Waals surface area (Å²) in [7, 11) is 0. The summed E-state index contributed by atoms with van der Waals surface area (Å²) in [6.45, 7) is 16.9. The van der Waals surface area contributed by atoms with Crippen molar-refractivity contribution in [3.8, 4) is 11.1 Å². The molecule has 4 aliphatic heterocycles. The number of fused-ring (bicyclic) bond motifs is 8. The molecule has 0 fully saturated rings. The van der Waals surface area contributed by atoms with Gasteiger partial charge in [0.25, 0.3) is 0 Å². The van der Waals surface area contributed by atoms with Crippen LogP contribution in [-0.4, -0.2) is 13.4 Å². The van der Waals surface area contributed by atoms with Crippen LogP contribution in [0.15, 0.2) is 109 Å². The smallest absolute Gasteiger partial charge is 0.247 e. The van der Waals surface area contributed by atoms with Crippen molar-refractivity contribution in [2.24, 2.45) is 0 Å². The summed E-state index contributed by atoms with van der Waals surface area (Å²) in [4.78, 5) is 2.68. The van der Waals surface area contributed by atoms with Gasteiger partial charge in [0.2, 0.25) is 13.4 Å². The molecule has 0 radical (unpaired) electrons. The molecule has 48 heavy (non-hydrogen) atoms. The maximum Gasteiger partial charge on any atom is 0.247 e. The Labute approximate surface area is 285 Å². The number of hydrogen-bond donors (Lipinski definition) is 0. The van der Waals surface area contributed by atoms with E-state index in [-0.39, 0.29) is 24.3 Å². The van der Waals surface area contributed by atoms with Gasteiger partial charge in [0, 0.05) is 27.9 Å². The molecule has 0 saturated heterocycles. The van der Waals surface area contributed by atoms with Gasteiger partial charge in [-0.05, 0) is 99.3 Å². The van der Waals surface area contributed by atoms with Gasteiger partial charge in [0.15, 0.2) is 0 Å². The van der Waals surface area contributed by atoms with Crippen LogP contribution in [-0.2, 0) is 10.8 Å². The minimum Gasteiger partial charge on any atom is -0.313 e. The Balaban J connectivity index is 1.40. The van der Waals surface area contributed by atoms with Gasteiger partial charge < -0.3 is 4.90 Å². The fourth-order valence-corrected chi connectivity index (χ4v) is 10.6. The lowest BCUT2D eigenvalue weighted by Gasteiger charge is -2.51. The Morgan fingerprint density at radius 1 is 0.479 bits per heavy atom. The Bertz CT molecular complexity index is 2250. The van der Waals surface area contributed by atoms with Gasteiger partial charge in [-0.3, -0.25) is 0 Å².